The highest BCUT2D eigenvalue weighted by Gasteiger charge is 2.19. The van der Waals surface area contributed by atoms with Gasteiger partial charge in [-0.3, -0.25) is 0 Å². The van der Waals surface area contributed by atoms with Crippen molar-refractivity contribution in [2.45, 2.75) is 0 Å². The molecule has 0 bridgehead atoms. The fourth-order valence-electron chi connectivity index (χ4n) is 1.68. The Bertz CT molecular complexity index is 757. The summed E-state index contributed by atoms with van der Waals surface area (Å²) in [5, 5.41) is 7.00. The smallest absolute Gasteiger partial charge is 0.135 e. The summed E-state index contributed by atoms with van der Waals surface area (Å²) in [6.45, 7) is 0. The largest absolute Gasteiger partial charge is 0.373 e. The Hall–Kier alpha value is -1.70. The number of halogens is 2. The first-order valence-electron chi connectivity index (χ1n) is 5.56. The van der Waals surface area contributed by atoms with E-state index in [9.17, 15) is 0 Å². The zero-order chi connectivity index (χ0) is 14.1. The van der Waals surface area contributed by atoms with Gasteiger partial charge in [0.25, 0.3) is 0 Å². The lowest BCUT2D eigenvalue weighted by Gasteiger charge is -2.11. The summed E-state index contributed by atoms with van der Waals surface area (Å²) in [6.07, 6.45) is 1.45. The van der Waals surface area contributed by atoms with Crippen molar-refractivity contribution in [3.05, 3.63) is 28.5 Å². The second-order valence-corrected chi connectivity index (χ2v) is 5.18. The van der Waals surface area contributed by atoms with E-state index < -0.39 is 0 Å². The van der Waals surface area contributed by atoms with E-state index in [0.717, 1.165) is 11.4 Å². The van der Waals surface area contributed by atoms with Gasteiger partial charge >= 0.3 is 0 Å². The highest BCUT2D eigenvalue weighted by atomic mass is 35.5. The maximum atomic E-state index is 6.22. The second-order valence-electron chi connectivity index (χ2n) is 3.84. The monoisotopic (exact) mass is 326 g/mol. The van der Waals surface area contributed by atoms with Gasteiger partial charge in [0.05, 0.1) is 27.1 Å². The molecule has 0 radical (unpaired) electrons. The molecule has 0 amide bonds. The summed E-state index contributed by atoms with van der Waals surface area (Å²) in [4.78, 5) is 8.18. The van der Waals surface area contributed by atoms with Crippen LogP contribution >= 0.6 is 23.2 Å². The third-order valence-corrected chi connectivity index (χ3v) is 3.73. The molecule has 1 aromatic carbocycles. The third-order valence-electron chi connectivity index (χ3n) is 2.62. The summed E-state index contributed by atoms with van der Waals surface area (Å²) in [5.74, 6) is 1.29. The van der Waals surface area contributed by atoms with Crippen LogP contribution in [0.4, 0.5) is 28.7 Å². The molecule has 0 unspecified atom stereocenters. The topological polar surface area (TPSA) is 74.6 Å². The maximum Gasteiger partial charge on any atom is 0.135 e. The van der Waals surface area contributed by atoms with Crippen LogP contribution in [-0.2, 0) is 11.4 Å². The van der Waals surface area contributed by atoms with Crippen LogP contribution in [0, 0.1) is 0 Å². The molecule has 2 heterocycles. The Morgan fingerprint density at radius 3 is 2.55 bits per heavy atom. The molecule has 0 aliphatic carbocycles. The van der Waals surface area contributed by atoms with Crippen LogP contribution in [0.2, 0.25) is 10.0 Å². The van der Waals surface area contributed by atoms with Crippen molar-refractivity contribution < 1.29 is 0 Å². The van der Waals surface area contributed by atoms with E-state index in [0.29, 0.717) is 38.7 Å². The molecule has 20 heavy (non-hydrogen) atoms. The molecule has 0 saturated heterocycles. The highest BCUT2D eigenvalue weighted by molar-refractivity contribution is 7.58. The average molecular weight is 327 g/mol. The van der Waals surface area contributed by atoms with Crippen molar-refractivity contribution in [3.63, 3.8) is 0 Å². The summed E-state index contributed by atoms with van der Waals surface area (Å²) in [5.41, 5.74) is 1.86. The van der Waals surface area contributed by atoms with Crippen LogP contribution < -0.4 is 10.6 Å². The first kappa shape index (κ1) is 13.3. The molecule has 1 aliphatic rings. The standard InChI is InChI=1S/C11H8Cl2N6S/c1-14-7-3-8(16-4-15-7)17-9-5(12)2-6(13)10-11(9)19-20-18-10/h2-4H,1H3,(H2,14,15,16,17). The molecular formula is C11H8Cl2N6S. The van der Waals surface area contributed by atoms with Gasteiger partial charge in [0.15, 0.2) is 0 Å². The van der Waals surface area contributed by atoms with Gasteiger partial charge in [-0.05, 0) is 6.07 Å². The molecule has 9 heteroatoms. The summed E-state index contributed by atoms with van der Waals surface area (Å²) in [7, 11) is 1.78. The summed E-state index contributed by atoms with van der Waals surface area (Å²) < 4.78 is 8.37. The number of benzene rings is 1. The molecule has 2 aromatic rings. The molecule has 1 aromatic heterocycles. The van der Waals surface area contributed by atoms with E-state index in [1.807, 2.05) is 0 Å². The van der Waals surface area contributed by atoms with Crippen molar-refractivity contribution in [1.82, 2.24) is 9.97 Å². The van der Waals surface area contributed by atoms with Crippen LogP contribution in [0.1, 0.15) is 0 Å². The summed E-state index contributed by atoms with van der Waals surface area (Å²) >= 11 is 13.4. The minimum atomic E-state index is 0.458. The van der Waals surface area contributed by atoms with Gasteiger partial charge < -0.3 is 10.6 Å². The van der Waals surface area contributed by atoms with Crippen LogP contribution in [-0.4, -0.2) is 17.0 Å². The first-order valence-corrected chi connectivity index (χ1v) is 7.04. The fraction of sp³-hybridized carbons (Fsp3) is 0.0909. The van der Waals surface area contributed by atoms with E-state index in [1.165, 1.54) is 6.33 Å². The van der Waals surface area contributed by atoms with Gasteiger partial charge in [-0.15, -0.1) is 0 Å². The fourth-order valence-corrected chi connectivity index (χ4v) is 2.84. The van der Waals surface area contributed by atoms with Crippen molar-refractivity contribution in [1.29, 1.82) is 0 Å². The van der Waals surface area contributed by atoms with Gasteiger partial charge in [-0.1, -0.05) is 23.2 Å². The minimum absolute atomic E-state index is 0.458. The van der Waals surface area contributed by atoms with E-state index in [1.54, 1.807) is 19.2 Å². The number of hydrogen-bond acceptors (Lipinski definition) is 6. The number of anilines is 3. The van der Waals surface area contributed by atoms with Gasteiger partial charge in [-0.2, -0.15) is 8.73 Å². The SMILES string of the molecule is CNc1cc(Nc2c(Cl)cc(Cl)c3c2N=S=N3)ncn1. The number of nitrogens with zero attached hydrogens (tertiary/aromatic N) is 4. The van der Waals surface area contributed by atoms with Gasteiger partial charge in [0.2, 0.25) is 0 Å². The Kier molecular flexibility index (Phi) is 3.56. The number of fused-ring (bicyclic) bond motifs is 1. The molecule has 0 fully saturated rings. The lowest BCUT2D eigenvalue weighted by Crippen LogP contribution is -1.98. The molecule has 0 saturated carbocycles. The molecule has 2 N–H and O–H groups in total. The molecular weight excluding hydrogens is 319 g/mol. The van der Waals surface area contributed by atoms with E-state index in [-0.39, 0.29) is 0 Å². The Balaban J connectivity index is 2.03. The average Bonchev–Trinajstić information content (AvgIpc) is 2.93. The van der Waals surface area contributed by atoms with Crippen molar-refractivity contribution in [2.75, 3.05) is 17.7 Å². The van der Waals surface area contributed by atoms with Crippen LogP contribution in [0.5, 0.6) is 0 Å². The number of nitrogens with one attached hydrogen (secondary N) is 2. The molecule has 1 aliphatic heterocycles. The van der Waals surface area contributed by atoms with E-state index in [2.05, 4.69) is 29.3 Å². The normalized spacial score (nSPS) is 11.9. The molecule has 0 spiro atoms. The third kappa shape index (κ3) is 2.35. The first-order chi connectivity index (χ1) is 9.69. The van der Waals surface area contributed by atoms with Gasteiger partial charge in [-0.25, -0.2) is 9.97 Å². The molecule has 0 atom stereocenters. The lowest BCUT2D eigenvalue weighted by molar-refractivity contribution is 1.16. The van der Waals surface area contributed by atoms with E-state index >= 15 is 0 Å². The quantitative estimate of drug-likeness (QED) is 0.752. The van der Waals surface area contributed by atoms with E-state index in [4.69, 9.17) is 23.2 Å². The molecule has 3 rings (SSSR count). The highest BCUT2D eigenvalue weighted by Crippen LogP contribution is 2.48. The van der Waals surface area contributed by atoms with Crippen LogP contribution in [0.3, 0.4) is 0 Å². The zero-order valence-corrected chi connectivity index (χ0v) is 12.5. The lowest BCUT2D eigenvalue weighted by atomic mass is 10.2. The second kappa shape index (κ2) is 5.35. The zero-order valence-electron chi connectivity index (χ0n) is 10.2. The van der Waals surface area contributed by atoms with Crippen LogP contribution in [0.15, 0.2) is 27.2 Å². The number of aromatic nitrogens is 2. The molecule has 6 nitrogen and oxygen atoms in total. The Morgan fingerprint density at radius 1 is 1.00 bits per heavy atom. The number of rotatable bonds is 3. The van der Waals surface area contributed by atoms with Crippen LogP contribution in [0.25, 0.3) is 0 Å². The predicted molar refractivity (Wildman–Crippen MR) is 82.9 cm³/mol. The Labute approximate surface area is 128 Å². The van der Waals surface area contributed by atoms with Crippen molar-refractivity contribution in [2.24, 2.45) is 8.73 Å². The van der Waals surface area contributed by atoms with Gasteiger partial charge in [0.1, 0.15) is 29.3 Å². The van der Waals surface area contributed by atoms with Crippen molar-refractivity contribution in [3.8, 4) is 0 Å². The maximum absolute atomic E-state index is 6.22. The molecule has 102 valence electrons. The summed E-state index contributed by atoms with van der Waals surface area (Å²) in [6, 6.07) is 3.39. The van der Waals surface area contributed by atoms with Gasteiger partial charge in [0, 0.05) is 13.1 Å². The number of hydrogen-bond donors (Lipinski definition) is 2. The van der Waals surface area contributed by atoms with Crippen molar-refractivity contribution >= 4 is 63.3 Å². The minimum Gasteiger partial charge on any atom is -0.373 e. The Morgan fingerprint density at radius 2 is 1.75 bits per heavy atom. The predicted octanol–water partition coefficient (Wildman–Crippen LogP) is 4.30.